The molecule has 1 saturated heterocycles. The molecule has 3 rings (SSSR count). The first-order valence-electron chi connectivity index (χ1n) is 10.0. The smallest absolute Gasteiger partial charge is 0.218 e. The molecular formula is C22H30N4O2. The summed E-state index contributed by atoms with van der Waals surface area (Å²) in [5.74, 6) is 2.55. The van der Waals surface area contributed by atoms with Gasteiger partial charge in [0.2, 0.25) is 5.88 Å². The molecule has 0 bridgehead atoms. The summed E-state index contributed by atoms with van der Waals surface area (Å²) in [5.41, 5.74) is 1.04. The average Bonchev–Trinajstić information content (AvgIpc) is 2.75. The molecule has 1 aromatic heterocycles. The van der Waals surface area contributed by atoms with Gasteiger partial charge >= 0.3 is 0 Å². The van der Waals surface area contributed by atoms with Crippen molar-refractivity contribution in [1.29, 1.82) is 0 Å². The molecule has 28 heavy (non-hydrogen) atoms. The first-order valence-corrected chi connectivity index (χ1v) is 10.0. The number of rotatable bonds is 7. The highest BCUT2D eigenvalue weighted by molar-refractivity contribution is 5.80. The maximum atomic E-state index is 6.09. The maximum Gasteiger partial charge on any atom is 0.218 e. The van der Waals surface area contributed by atoms with E-state index in [1.807, 2.05) is 49.5 Å². The lowest BCUT2D eigenvalue weighted by Crippen LogP contribution is -2.47. The highest BCUT2D eigenvalue weighted by atomic mass is 16.5. The summed E-state index contributed by atoms with van der Waals surface area (Å²) < 4.78 is 11.8. The van der Waals surface area contributed by atoms with Gasteiger partial charge in [-0.15, -0.1) is 0 Å². The summed E-state index contributed by atoms with van der Waals surface area (Å²) in [7, 11) is 1.83. The SMILES string of the molecule is CCCOc1ncccc1CNC(=NC)N1CCC(Oc2ccccc2)CC1. The van der Waals surface area contributed by atoms with Crippen LogP contribution in [0.2, 0.25) is 0 Å². The Balaban J connectivity index is 1.50. The number of benzene rings is 1. The minimum absolute atomic E-state index is 0.254. The zero-order chi connectivity index (χ0) is 19.6. The number of aromatic nitrogens is 1. The van der Waals surface area contributed by atoms with Crippen LogP contribution in [0.4, 0.5) is 0 Å². The lowest BCUT2D eigenvalue weighted by atomic mass is 10.1. The molecule has 0 aliphatic carbocycles. The van der Waals surface area contributed by atoms with Crippen LogP contribution in [-0.4, -0.2) is 48.7 Å². The lowest BCUT2D eigenvalue weighted by Gasteiger charge is -2.34. The summed E-state index contributed by atoms with van der Waals surface area (Å²) in [6.07, 6.45) is 4.94. The molecule has 1 aliphatic rings. The number of aliphatic imine (C=N–C) groups is 1. The molecular weight excluding hydrogens is 352 g/mol. The molecule has 0 radical (unpaired) electrons. The third kappa shape index (κ3) is 5.62. The van der Waals surface area contributed by atoms with E-state index in [9.17, 15) is 0 Å². The third-order valence-corrected chi connectivity index (χ3v) is 4.73. The average molecular weight is 383 g/mol. The van der Waals surface area contributed by atoms with Crippen molar-refractivity contribution in [3.05, 3.63) is 54.2 Å². The largest absolute Gasteiger partial charge is 0.490 e. The molecule has 1 aromatic carbocycles. The van der Waals surface area contributed by atoms with Gasteiger partial charge in [-0.05, 0) is 24.6 Å². The van der Waals surface area contributed by atoms with Crippen molar-refractivity contribution in [3.8, 4) is 11.6 Å². The van der Waals surface area contributed by atoms with Crippen molar-refractivity contribution in [2.75, 3.05) is 26.7 Å². The van der Waals surface area contributed by atoms with Gasteiger partial charge in [-0.3, -0.25) is 4.99 Å². The summed E-state index contributed by atoms with van der Waals surface area (Å²) in [4.78, 5) is 11.1. The van der Waals surface area contributed by atoms with Gasteiger partial charge in [0.15, 0.2) is 5.96 Å². The van der Waals surface area contributed by atoms with Crippen LogP contribution in [0, 0.1) is 0 Å². The molecule has 2 aromatic rings. The van der Waals surface area contributed by atoms with Crippen molar-refractivity contribution in [3.63, 3.8) is 0 Å². The van der Waals surface area contributed by atoms with Gasteiger partial charge < -0.3 is 19.7 Å². The van der Waals surface area contributed by atoms with E-state index in [-0.39, 0.29) is 6.10 Å². The van der Waals surface area contributed by atoms with E-state index in [1.54, 1.807) is 6.20 Å². The fourth-order valence-corrected chi connectivity index (χ4v) is 3.27. The van der Waals surface area contributed by atoms with Gasteiger partial charge in [0.1, 0.15) is 11.9 Å². The minimum atomic E-state index is 0.254. The first-order chi connectivity index (χ1) is 13.8. The number of piperidine rings is 1. The van der Waals surface area contributed by atoms with E-state index in [0.717, 1.165) is 49.6 Å². The Morgan fingerprint density at radius 3 is 2.68 bits per heavy atom. The Morgan fingerprint density at radius 1 is 1.18 bits per heavy atom. The van der Waals surface area contributed by atoms with Crippen LogP contribution in [0.5, 0.6) is 11.6 Å². The van der Waals surface area contributed by atoms with Crippen molar-refractivity contribution < 1.29 is 9.47 Å². The topological polar surface area (TPSA) is 59.0 Å². The quantitative estimate of drug-likeness (QED) is 0.587. The molecule has 0 amide bonds. The van der Waals surface area contributed by atoms with Gasteiger partial charge in [0.05, 0.1) is 6.61 Å². The van der Waals surface area contributed by atoms with E-state index in [0.29, 0.717) is 19.0 Å². The van der Waals surface area contributed by atoms with E-state index in [1.165, 1.54) is 0 Å². The summed E-state index contributed by atoms with van der Waals surface area (Å²) >= 11 is 0. The number of guanidine groups is 1. The van der Waals surface area contributed by atoms with Crippen molar-refractivity contribution >= 4 is 5.96 Å². The monoisotopic (exact) mass is 382 g/mol. The zero-order valence-corrected chi connectivity index (χ0v) is 16.8. The fraction of sp³-hybridized carbons (Fsp3) is 0.455. The lowest BCUT2D eigenvalue weighted by molar-refractivity contribution is 0.129. The third-order valence-electron chi connectivity index (χ3n) is 4.73. The van der Waals surface area contributed by atoms with E-state index >= 15 is 0 Å². The van der Waals surface area contributed by atoms with Gasteiger partial charge in [0, 0.05) is 51.3 Å². The zero-order valence-electron chi connectivity index (χ0n) is 16.8. The Kier molecular flexibility index (Phi) is 7.53. The minimum Gasteiger partial charge on any atom is -0.490 e. The number of pyridine rings is 1. The molecule has 6 heteroatoms. The normalized spacial score (nSPS) is 15.4. The molecule has 1 fully saturated rings. The van der Waals surface area contributed by atoms with Crippen LogP contribution in [0.3, 0.4) is 0 Å². The second kappa shape index (κ2) is 10.5. The van der Waals surface area contributed by atoms with Crippen molar-refractivity contribution in [2.24, 2.45) is 4.99 Å². The Bertz CT molecular complexity index is 743. The second-order valence-corrected chi connectivity index (χ2v) is 6.83. The van der Waals surface area contributed by atoms with Gasteiger partial charge in [-0.1, -0.05) is 31.2 Å². The Hall–Kier alpha value is -2.76. The number of nitrogens with zero attached hydrogens (tertiary/aromatic N) is 3. The predicted molar refractivity (Wildman–Crippen MR) is 112 cm³/mol. The van der Waals surface area contributed by atoms with Crippen LogP contribution in [0.25, 0.3) is 0 Å². The number of nitrogens with one attached hydrogen (secondary N) is 1. The molecule has 1 N–H and O–H groups in total. The molecule has 6 nitrogen and oxygen atoms in total. The standard InChI is InChI=1S/C22H30N4O2/c1-3-16-27-21-18(8-7-13-24-21)17-25-22(23-2)26-14-11-20(12-15-26)28-19-9-5-4-6-10-19/h4-10,13,20H,3,11-12,14-17H2,1-2H3,(H,23,25). The number of hydrogen-bond acceptors (Lipinski definition) is 4. The number of ether oxygens (including phenoxy) is 2. The molecule has 0 saturated carbocycles. The number of likely N-dealkylation sites (tertiary alicyclic amines) is 1. The first kappa shape index (κ1) is 20.0. The molecule has 1 aliphatic heterocycles. The number of hydrogen-bond donors (Lipinski definition) is 1. The fourth-order valence-electron chi connectivity index (χ4n) is 3.27. The molecule has 2 heterocycles. The van der Waals surface area contributed by atoms with Crippen LogP contribution in [0.1, 0.15) is 31.7 Å². The Morgan fingerprint density at radius 2 is 1.96 bits per heavy atom. The van der Waals surface area contributed by atoms with Crippen molar-refractivity contribution in [2.45, 2.75) is 38.8 Å². The second-order valence-electron chi connectivity index (χ2n) is 6.83. The molecule has 0 unspecified atom stereocenters. The number of para-hydroxylation sites is 1. The van der Waals surface area contributed by atoms with E-state index in [4.69, 9.17) is 9.47 Å². The summed E-state index contributed by atoms with van der Waals surface area (Å²) in [6.45, 7) is 5.24. The predicted octanol–water partition coefficient (Wildman–Crippen LogP) is 3.49. The van der Waals surface area contributed by atoms with Crippen LogP contribution in [-0.2, 0) is 6.54 Å². The van der Waals surface area contributed by atoms with Crippen molar-refractivity contribution in [1.82, 2.24) is 15.2 Å². The molecule has 150 valence electrons. The molecule has 0 atom stereocenters. The van der Waals surface area contributed by atoms with E-state index in [2.05, 4.69) is 27.1 Å². The van der Waals surface area contributed by atoms with Crippen LogP contribution in [0.15, 0.2) is 53.7 Å². The highest BCUT2D eigenvalue weighted by Gasteiger charge is 2.22. The highest BCUT2D eigenvalue weighted by Crippen LogP contribution is 2.19. The summed E-state index contributed by atoms with van der Waals surface area (Å²) in [6, 6.07) is 14.0. The van der Waals surface area contributed by atoms with Crippen LogP contribution >= 0.6 is 0 Å². The van der Waals surface area contributed by atoms with E-state index < -0.39 is 0 Å². The van der Waals surface area contributed by atoms with Gasteiger partial charge in [-0.25, -0.2) is 4.98 Å². The van der Waals surface area contributed by atoms with Crippen LogP contribution < -0.4 is 14.8 Å². The van der Waals surface area contributed by atoms with Gasteiger partial charge in [-0.2, -0.15) is 0 Å². The van der Waals surface area contributed by atoms with Gasteiger partial charge in [0.25, 0.3) is 0 Å². The maximum absolute atomic E-state index is 6.09. The summed E-state index contributed by atoms with van der Waals surface area (Å²) in [5, 5.41) is 3.45. The Labute approximate surface area is 167 Å². The molecule has 0 spiro atoms.